The van der Waals surface area contributed by atoms with Gasteiger partial charge in [-0.15, -0.1) is 11.6 Å². The summed E-state index contributed by atoms with van der Waals surface area (Å²) in [6, 6.07) is 22.4. The van der Waals surface area contributed by atoms with E-state index in [9.17, 15) is 31.5 Å². The highest BCUT2D eigenvalue weighted by molar-refractivity contribution is 7.89. The maximum atomic E-state index is 12.6. The van der Waals surface area contributed by atoms with Crippen molar-refractivity contribution in [1.82, 2.24) is 0 Å². The van der Waals surface area contributed by atoms with Crippen molar-refractivity contribution in [2.75, 3.05) is 91.6 Å². The Morgan fingerprint density at radius 3 is 1.35 bits per heavy atom. The van der Waals surface area contributed by atoms with Crippen LogP contribution in [0.3, 0.4) is 0 Å². The fourth-order valence-electron chi connectivity index (χ4n) is 5.10. The van der Waals surface area contributed by atoms with E-state index in [0.717, 1.165) is 48.7 Å². The van der Waals surface area contributed by atoms with Gasteiger partial charge in [-0.05, 0) is 61.4 Å². The lowest BCUT2D eigenvalue weighted by atomic mass is 10.1. The summed E-state index contributed by atoms with van der Waals surface area (Å²) in [6.07, 6.45) is 3.54. The first-order valence-corrected chi connectivity index (χ1v) is 23.9. The minimum atomic E-state index is -4.19. The summed E-state index contributed by atoms with van der Waals surface area (Å²) in [5.41, 5.74) is 0.525. The quantitative estimate of drug-likeness (QED) is 0.0344. The molecule has 0 unspecified atom stereocenters. The number of hydrogen-bond acceptors (Lipinski definition) is 11. The average molecular weight is 1010 g/mol. The summed E-state index contributed by atoms with van der Waals surface area (Å²) < 4.78 is 67.2. The fourth-order valence-corrected chi connectivity index (χ4v) is 7.01. The number of carbonyl (C=O) groups excluding carboxylic acids is 1. The van der Waals surface area contributed by atoms with Gasteiger partial charge in [0.05, 0.1) is 77.2 Å². The van der Waals surface area contributed by atoms with E-state index in [1.54, 1.807) is 54.6 Å². The molecule has 16 nitrogen and oxygen atoms in total. The number of sulfonamides is 2. The predicted octanol–water partition coefficient (Wildman–Crippen LogP) is 1.18. The standard InChI is InChI=1S/C22H32N3O5S.C17H20N2O5S.C5H13ClN.2ClH/c1-5-6-12-24-19-15-17(22(26)29-14-13-25(2,3)4)16-20(31(23,27)28)21(19)30-18-10-8-7-9-11-18;1-2-3-9-19-14-10-12(17(20)21)11-15(25(18,22)23)16(14)24-13-7-5-4-6-8-13;1-7(2,3)5-4-6;;/h7-11,15-16,24H,5-6,12-14H2,1-4H3,(H2,23,27,28);4-8,10-11,19H,2-3,9H2,1H3,(H,20,21)(H2,18,22,23);4-5H2,1-3H3;2*1H/q+1;;+1;;/p-2. The molecule has 21 heteroatoms. The van der Waals surface area contributed by atoms with Crippen molar-refractivity contribution < 1.29 is 79.5 Å². The number of likely N-dealkylation sites (N-methyl/N-ethyl adjacent to an activating group) is 1. The number of anilines is 2. The van der Waals surface area contributed by atoms with E-state index < -0.39 is 32.0 Å². The Balaban J connectivity index is 0.00000108. The third kappa shape index (κ3) is 23.1. The highest BCUT2D eigenvalue weighted by Crippen LogP contribution is 2.38. The van der Waals surface area contributed by atoms with Crippen molar-refractivity contribution in [3.8, 4) is 23.0 Å². The molecule has 0 fully saturated rings. The van der Waals surface area contributed by atoms with Crippen LogP contribution in [0.15, 0.2) is 94.7 Å². The minimum absolute atomic E-state index is 0. The maximum absolute atomic E-state index is 12.6. The lowest BCUT2D eigenvalue weighted by Gasteiger charge is -2.23. The van der Waals surface area contributed by atoms with Gasteiger partial charge in [-0.25, -0.2) is 36.7 Å². The van der Waals surface area contributed by atoms with Crippen LogP contribution >= 0.6 is 11.6 Å². The van der Waals surface area contributed by atoms with Crippen molar-refractivity contribution in [3.63, 3.8) is 0 Å². The number of rotatable bonds is 21. The van der Waals surface area contributed by atoms with Gasteiger partial charge in [-0.3, -0.25) is 0 Å². The second kappa shape index (κ2) is 28.6. The number of carboxylic acid groups (broad SMARTS) is 1. The number of hydrogen-bond donors (Lipinski definition) is 5. The van der Waals surface area contributed by atoms with Crippen molar-refractivity contribution in [1.29, 1.82) is 0 Å². The topological polar surface area (TPSA) is 226 Å². The van der Waals surface area contributed by atoms with E-state index in [-0.39, 0.29) is 69.5 Å². The minimum Gasteiger partial charge on any atom is -1.00 e. The highest BCUT2D eigenvalue weighted by atomic mass is 35.5. The number of alkyl halides is 1. The second-order valence-corrected chi connectivity index (χ2v) is 19.8. The largest absolute Gasteiger partial charge is 1.00 e. The van der Waals surface area contributed by atoms with Crippen molar-refractivity contribution in [3.05, 3.63) is 96.1 Å². The molecule has 4 rings (SSSR count). The Hall–Kier alpha value is -4.37. The number of unbranched alkanes of at least 4 members (excludes halogenated alkanes) is 2. The van der Waals surface area contributed by atoms with Gasteiger partial charge in [0.2, 0.25) is 20.0 Å². The first-order chi connectivity index (χ1) is 29.4. The third-order valence-electron chi connectivity index (χ3n) is 8.57. The number of primary sulfonamides is 2. The highest BCUT2D eigenvalue weighted by Gasteiger charge is 2.26. The first-order valence-electron chi connectivity index (χ1n) is 20.3. The number of nitrogens with two attached hydrogens (primary N) is 2. The van der Waals surface area contributed by atoms with E-state index >= 15 is 0 Å². The molecule has 0 aliphatic heterocycles. The number of ether oxygens (including phenoxy) is 3. The molecule has 4 aromatic rings. The molecular weight excluding hydrogens is 943 g/mol. The van der Waals surface area contributed by atoms with Gasteiger partial charge in [0, 0.05) is 13.1 Å². The Labute approximate surface area is 402 Å². The summed E-state index contributed by atoms with van der Waals surface area (Å²) in [4.78, 5) is 23.3. The van der Waals surface area contributed by atoms with Crippen LogP contribution in [0, 0.1) is 0 Å². The zero-order chi connectivity index (χ0) is 47.4. The monoisotopic (exact) mass is 1010 g/mol. The van der Waals surface area contributed by atoms with Crippen LogP contribution in [-0.4, -0.2) is 124 Å². The van der Waals surface area contributed by atoms with Gasteiger partial charge in [0.1, 0.15) is 34.4 Å². The molecule has 0 radical (unpaired) electrons. The zero-order valence-electron chi connectivity index (χ0n) is 38.3. The number of nitrogens with zero attached hydrogens (tertiary/aromatic N) is 2. The summed E-state index contributed by atoms with van der Waals surface area (Å²) in [7, 11) is 3.96. The lowest BCUT2D eigenvalue weighted by Crippen LogP contribution is -3.00. The van der Waals surface area contributed by atoms with Gasteiger partial charge in [-0.1, -0.05) is 63.1 Å². The zero-order valence-corrected chi connectivity index (χ0v) is 42.2. The van der Waals surface area contributed by atoms with E-state index in [0.29, 0.717) is 41.3 Å². The summed E-state index contributed by atoms with van der Waals surface area (Å²) >= 11 is 5.47. The van der Waals surface area contributed by atoms with Gasteiger partial charge in [-0.2, -0.15) is 0 Å². The third-order valence-corrected chi connectivity index (χ3v) is 10.6. The van der Waals surface area contributed by atoms with Crippen LogP contribution in [-0.2, 0) is 24.8 Å². The van der Waals surface area contributed by atoms with Gasteiger partial charge < -0.3 is 63.7 Å². The second-order valence-electron chi connectivity index (χ2n) is 16.3. The summed E-state index contributed by atoms with van der Waals surface area (Å²) in [5, 5.41) is 26.2. The molecule has 0 saturated carbocycles. The Morgan fingerprint density at radius 2 is 1.03 bits per heavy atom. The number of esters is 1. The summed E-state index contributed by atoms with van der Waals surface area (Å²) in [5.74, 6) is -0.234. The lowest BCUT2D eigenvalue weighted by molar-refractivity contribution is -0.870. The molecule has 0 atom stereocenters. The number of halogens is 3. The Kier molecular flexibility index (Phi) is 26.7. The van der Waals surface area contributed by atoms with Crippen LogP contribution in [0.25, 0.3) is 0 Å². The molecule has 4 aromatic carbocycles. The molecule has 364 valence electrons. The van der Waals surface area contributed by atoms with Crippen molar-refractivity contribution in [2.24, 2.45) is 10.3 Å². The molecule has 0 aromatic heterocycles. The Bertz CT molecular complexity index is 2300. The molecule has 0 aliphatic carbocycles. The predicted molar refractivity (Wildman–Crippen MR) is 249 cm³/mol. The van der Waals surface area contributed by atoms with Gasteiger partial charge in [0.15, 0.2) is 11.5 Å². The molecule has 0 aliphatic rings. The van der Waals surface area contributed by atoms with Crippen LogP contribution < -0.4 is 55.2 Å². The average Bonchev–Trinajstić information content (AvgIpc) is 3.18. The molecule has 0 amide bonds. The normalized spacial score (nSPS) is 11.2. The van der Waals surface area contributed by atoms with Crippen LogP contribution in [0.2, 0.25) is 0 Å². The van der Waals surface area contributed by atoms with Gasteiger partial charge in [0.25, 0.3) is 0 Å². The molecule has 0 saturated heterocycles. The number of nitrogens with one attached hydrogen (secondary N) is 2. The number of quaternary nitrogens is 2. The number of carbonyl (C=O) groups is 2. The summed E-state index contributed by atoms with van der Waals surface area (Å²) in [6.45, 7) is 7.02. The van der Waals surface area contributed by atoms with Gasteiger partial charge >= 0.3 is 11.9 Å². The number of aromatic carboxylic acids is 1. The molecule has 65 heavy (non-hydrogen) atoms. The van der Waals surface area contributed by atoms with E-state index in [1.807, 2.05) is 41.1 Å². The maximum Gasteiger partial charge on any atom is 0.338 e. The van der Waals surface area contributed by atoms with Crippen molar-refractivity contribution >= 4 is 55.0 Å². The molecule has 7 N–H and O–H groups in total. The molecule has 0 heterocycles. The van der Waals surface area contributed by atoms with Crippen molar-refractivity contribution in [2.45, 2.75) is 49.3 Å². The number of benzene rings is 4. The Morgan fingerprint density at radius 1 is 0.646 bits per heavy atom. The van der Waals surface area contributed by atoms with Crippen LogP contribution in [0.4, 0.5) is 11.4 Å². The molecule has 0 spiro atoms. The fraction of sp³-hybridized carbons (Fsp3) is 0.409. The molecule has 0 bridgehead atoms. The van der Waals surface area contributed by atoms with Crippen LogP contribution in [0.5, 0.6) is 23.0 Å². The number of carboxylic acids is 1. The smallest absolute Gasteiger partial charge is 0.338 e. The SMILES string of the molecule is CCCCNc1cc(C(=O)O)cc(S(N)(=O)=O)c1Oc1ccccc1.CCCCNc1cc(C(=O)OCC[N+](C)(C)C)cc(S(N)(=O)=O)c1Oc1ccccc1.C[N+](C)(C)CCCl.[Cl-].[Cl-]. The van der Waals surface area contributed by atoms with E-state index in [4.69, 9.17) is 36.1 Å². The van der Waals surface area contributed by atoms with E-state index in [2.05, 4.69) is 31.8 Å². The van der Waals surface area contributed by atoms with E-state index in [1.165, 1.54) is 18.2 Å². The molecular formula is C44H65Cl3N6O10S2. The number of para-hydroxylation sites is 2. The first kappa shape index (κ1) is 60.6. The van der Waals surface area contributed by atoms with Crippen LogP contribution in [0.1, 0.15) is 60.2 Å².